The van der Waals surface area contributed by atoms with E-state index in [1.165, 1.54) is 17.0 Å². The van der Waals surface area contributed by atoms with Crippen molar-refractivity contribution in [3.8, 4) is 0 Å². The van der Waals surface area contributed by atoms with Crippen LogP contribution in [0.2, 0.25) is 0 Å². The van der Waals surface area contributed by atoms with Gasteiger partial charge in [-0.3, -0.25) is 0 Å². The van der Waals surface area contributed by atoms with Crippen LogP contribution in [-0.4, -0.2) is 25.0 Å². The van der Waals surface area contributed by atoms with Gasteiger partial charge in [-0.1, -0.05) is 12.1 Å². The van der Waals surface area contributed by atoms with E-state index in [9.17, 15) is 9.18 Å². The molecule has 0 saturated carbocycles. The summed E-state index contributed by atoms with van der Waals surface area (Å²) in [4.78, 5) is 13.0. The van der Waals surface area contributed by atoms with Gasteiger partial charge in [-0.2, -0.15) is 0 Å². The molecule has 0 aliphatic heterocycles. The van der Waals surface area contributed by atoms with Crippen LogP contribution in [0.5, 0.6) is 0 Å². The highest BCUT2D eigenvalue weighted by Gasteiger charge is 2.23. The zero-order valence-electron chi connectivity index (χ0n) is 10.0. The fraction of sp³-hybridized carbons (Fsp3) is 0.417. The number of hydrogen-bond donors (Lipinski definition) is 1. The van der Waals surface area contributed by atoms with Crippen LogP contribution < -0.4 is 5.32 Å². The van der Waals surface area contributed by atoms with Gasteiger partial charge in [0.2, 0.25) is 0 Å². The van der Waals surface area contributed by atoms with Gasteiger partial charge in [0.1, 0.15) is 5.82 Å². The smallest absolute Gasteiger partial charge is 0.317 e. The Bertz CT molecular complexity index is 371. The molecule has 2 amide bonds. The molecule has 0 aromatic heterocycles. The minimum absolute atomic E-state index is 0.172. The molecule has 3 nitrogen and oxygen atoms in total. The van der Waals surface area contributed by atoms with Gasteiger partial charge in [0, 0.05) is 14.1 Å². The van der Waals surface area contributed by atoms with Crippen molar-refractivity contribution in [2.24, 2.45) is 0 Å². The molecule has 0 saturated heterocycles. The minimum Gasteiger partial charge on any atom is -0.331 e. The van der Waals surface area contributed by atoms with Crippen molar-refractivity contribution < 1.29 is 9.18 Å². The summed E-state index contributed by atoms with van der Waals surface area (Å²) in [6.07, 6.45) is 0. The Kier molecular flexibility index (Phi) is 3.52. The molecule has 1 aromatic carbocycles. The first-order chi connectivity index (χ1) is 7.33. The zero-order valence-corrected chi connectivity index (χ0v) is 10.0. The third kappa shape index (κ3) is 2.95. The van der Waals surface area contributed by atoms with Crippen LogP contribution in [0.1, 0.15) is 19.4 Å². The largest absolute Gasteiger partial charge is 0.331 e. The lowest BCUT2D eigenvalue weighted by Gasteiger charge is -2.28. The number of carbonyl (C=O) groups excluding carboxylic acids is 1. The first kappa shape index (κ1) is 12.5. The maximum atomic E-state index is 12.8. The molecule has 0 atom stereocenters. The van der Waals surface area contributed by atoms with Crippen LogP contribution in [0.25, 0.3) is 0 Å². The van der Waals surface area contributed by atoms with Crippen molar-refractivity contribution in [1.29, 1.82) is 0 Å². The summed E-state index contributed by atoms with van der Waals surface area (Å²) in [5.74, 6) is -0.279. The molecule has 88 valence electrons. The average molecular weight is 224 g/mol. The van der Waals surface area contributed by atoms with Crippen LogP contribution in [0.4, 0.5) is 9.18 Å². The van der Waals surface area contributed by atoms with Crippen molar-refractivity contribution in [3.63, 3.8) is 0 Å². The second kappa shape index (κ2) is 4.51. The van der Waals surface area contributed by atoms with E-state index in [4.69, 9.17) is 0 Å². The molecule has 0 aliphatic carbocycles. The molecule has 0 radical (unpaired) electrons. The van der Waals surface area contributed by atoms with Gasteiger partial charge in [0.05, 0.1) is 5.54 Å². The molecular formula is C12H17FN2O. The summed E-state index contributed by atoms with van der Waals surface area (Å²) in [5.41, 5.74) is 0.346. The SMILES string of the molecule is CN(C)C(=O)NC(C)(C)c1ccc(F)cc1. The number of amides is 2. The lowest BCUT2D eigenvalue weighted by atomic mass is 9.94. The highest BCUT2D eigenvalue weighted by Crippen LogP contribution is 2.20. The molecule has 0 heterocycles. The van der Waals surface area contributed by atoms with Crippen molar-refractivity contribution >= 4 is 6.03 Å². The van der Waals surface area contributed by atoms with E-state index in [2.05, 4.69) is 5.32 Å². The van der Waals surface area contributed by atoms with Gasteiger partial charge in [0.15, 0.2) is 0 Å². The van der Waals surface area contributed by atoms with Gasteiger partial charge in [-0.15, -0.1) is 0 Å². The Morgan fingerprint density at radius 3 is 2.19 bits per heavy atom. The molecule has 1 rings (SSSR count). The second-order valence-corrected chi connectivity index (χ2v) is 4.46. The van der Waals surface area contributed by atoms with Gasteiger partial charge in [0.25, 0.3) is 0 Å². The van der Waals surface area contributed by atoms with E-state index >= 15 is 0 Å². The summed E-state index contributed by atoms with van der Waals surface area (Å²) >= 11 is 0. The first-order valence-corrected chi connectivity index (χ1v) is 5.08. The monoisotopic (exact) mass is 224 g/mol. The van der Waals surface area contributed by atoms with Gasteiger partial charge in [-0.25, -0.2) is 9.18 Å². The highest BCUT2D eigenvalue weighted by atomic mass is 19.1. The van der Waals surface area contributed by atoms with Gasteiger partial charge in [-0.05, 0) is 31.5 Å². The number of benzene rings is 1. The molecule has 1 aromatic rings. The number of halogens is 1. The van der Waals surface area contributed by atoms with Crippen LogP contribution in [0.15, 0.2) is 24.3 Å². The maximum Gasteiger partial charge on any atom is 0.317 e. The number of nitrogens with zero attached hydrogens (tertiary/aromatic N) is 1. The van der Waals surface area contributed by atoms with Gasteiger partial charge >= 0.3 is 6.03 Å². The summed E-state index contributed by atoms with van der Waals surface area (Å²) in [5, 5.41) is 2.86. The fourth-order valence-electron chi connectivity index (χ4n) is 1.32. The third-order valence-corrected chi connectivity index (χ3v) is 2.39. The quantitative estimate of drug-likeness (QED) is 0.821. The molecule has 4 heteroatoms. The predicted molar refractivity (Wildman–Crippen MR) is 61.6 cm³/mol. The van der Waals surface area contributed by atoms with Gasteiger partial charge < -0.3 is 10.2 Å². The number of nitrogens with one attached hydrogen (secondary N) is 1. The molecule has 0 spiro atoms. The lowest BCUT2D eigenvalue weighted by molar-refractivity contribution is 0.206. The number of hydrogen-bond acceptors (Lipinski definition) is 1. The van der Waals surface area contributed by atoms with Crippen LogP contribution in [0.3, 0.4) is 0 Å². The fourth-order valence-corrected chi connectivity index (χ4v) is 1.32. The predicted octanol–water partition coefficient (Wildman–Crippen LogP) is 2.33. The normalized spacial score (nSPS) is 11.1. The lowest BCUT2D eigenvalue weighted by Crippen LogP contribution is -2.45. The number of rotatable bonds is 2. The topological polar surface area (TPSA) is 32.3 Å². The van der Waals surface area contributed by atoms with Crippen LogP contribution in [0, 0.1) is 5.82 Å². The Balaban J connectivity index is 2.85. The van der Waals surface area contributed by atoms with Crippen LogP contribution in [-0.2, 0) is 5.54 Å². The Morgan fingerprint density at radius 1 is 1.25 bits per heavy atom. The van der Waals surface area contributed by atoms with E-state index in [-0.39, 0.29) is 11.8 Å². The maximum absolute atomic E-state index is 12.8. The minimum atomic E-state index is -0.519. The summed E-state index contributed by atoms with van der Waals surface area (Å²) in [6, 6.07) is 5.95. The Hall–Kier alpha value is -1.58. The molecule has 1 N–H and O–H groups in total. The summed E-state index contributed by atoms with van der Waals surface area (Å²) in [6.45, 7) is 3.75. The Labute approximate surface area is 95.3 Å². The highest BCUT2D eigenvalue weighted by molar-refractivity contribution is 5.74. The molecule has 16 heavy (non-hydrogen) atoms. The standard InChI is InChI=1S/C12H17FN2O/c1-12(2,14-11(16)15(3)4)9-5-7-10(13)8-6-9/h5-8H,1-4H3,(H,14,16). The van der Waals surface area contributed by atoms with Crippen molar-refractivity contribution in [2.75, 3.05) is 14.1 Å². The molecule has 0 bridgehead atoms. The molecule has 0 aliphatic rings. The van der Waals surface area contributed by atoms with E-state index in [1.54, 1.807) is 26.2 Å². The number of carbonyl (C=O) groups is 1. The van der Waals surface area contributed by atoms with Crippen molar-refractivity contribution in [1.82, 2.24) is 10.2 Å². The van der Waals surface area contributed by atoms with E-state index in [0.29, 0.717) is 0 Å². The third-order valence-electron chi connectivity index (χ3n) is 2.39. The molecular weight excluding hydrogens is 207 g/mol. The zero-order chi connectivity index (χ0) is 12.3. The second-order valence-electron chi connectivity index (χ2n) is 4.46. The Morgan fingerprint density at radius 2 is 1.75 bits per heavy atom. The number of urea groups is 1. The first-order valence-electron chi connectivity index (χ1n) is 5.08. The van der Waals surface area contributed by atoms with E-state index in [1.807, 2.05) is 13.8 Å². The molecule has 0 unspecified atom stereocenters. The molecule has 0 fully saturated rings. The van der Waals surface area contributed by atoms with E-state index < -0.39 is 5.54 Å². The summed E-state index contributed by atoms with van der Waals surface area (Å²) < 4.78 is 12.8. The summed E-state index contributed by atoms with van der Waals surface area (Å²) in [7, 11) is 3.35. The van der Waals surface area contributed by atoms with Crippen molar-refractivity contribution in [2.45, 2.75) is 19.4 Å². The van der Waals surface area contributed by atoms with Crippen molar-refractivity contribution in [3.05, 3.63) is 35.6 Å². The van der Waals surface area contributed by atoms with Crippen LogP contribution >= 0.6 is 0 Å². The average Bonchev–Trinajstić information content (AvgIpc) is 2.17. The van der Waals surface area contributed by atoms with E-state index in [0.717, 1.165) is 5.56 Å².